The first kappa shape index (κ1) is 28.3. The van der Waals surface area contributed by atoms with Crippen LogP contribution in [0.25, 0.3) is 0 Å². The van der Waals surface area contributed by atoms with Crippen molar-refractivity contribution in [2.75, 3.05) is 0 Å². The van der Waals surface area contributed by atoms with Crippen molar-refractivity contribution in [3.05, 3.63) is 35.5 Å². The molecule has 0 heterocycles. The zero-order chi connectivity index (χ0) is 26.2. The van der Waals surface area contributed by atoms with Crippen LogP contribution in [-0.2, 0) is 0 Å². The second-order valence-electron chi connectivity index (χ2n) is 11.3. The summed E-state index contributed by atoms with van der Waals surface area (Å²) in [5.74, 6) is 0.506. The molecule has 0 aromatic rings. The fourth-order valence-electron chi connectivity index (χ4n) is 6.93. The molecule has 3 saturated carbocycles. The molecule has 0 aliphatic heterocycles. The summed E-state index contributed by atoms with van der Waals surface area (Å²) in [6.45, 7) is 8.26. The summed E-state index contributed by atoms with van der Waals surface area (Å²) in [4.78, 5) is 0. The van der Waals surface area contributed by atoms with E-state index in [4.69, 9.17) is 0 Å². The maximum absolute atomic E-state index is 13.0. The van der Waals surface area contributed by atoms with E-state index in [0.29, 0.717) is 12.3 Å². The van der Waals surface area contributed by atoms with Gasteiger partial charge in [0.1, 0.15) is 0 Å². The molecule has 0 spiro atoms. The van der Waals surface area contributed by atoms with Crippen LogP contribution in [0.3, 0.4) is 0 Å². The average Bonchev–Trinajstić information content (AvgIpc) is 3.10. The standard InChI is InChI=1S/C27H38F6O2/c1-17-8-11-21(34)16-20(17)10-9-19-7-5-14-24(3)22(12-13-23(19)24)18(2)6-4-15-25(35,26(28,29)30)27(31,32)33/h9-10,18,21-23,34-35H,1,4-8,11-16H2,2-3H3/b19-9+,20-10-. The van der Waals surface area contributed by atoms with E-state index in [1.807, 2.05) is 6.92 Å². The normalized spacial score (nSPS) is 33.9. The highest BCUT2D eigenvalue weighted by atomic mass is 19.4. The van der Waals surface area contributed by atoms with E-state index < -0.39 is 24.4 Å². The molecule has 3 rings (SSSR count). The van der Waals surface area contributed by atoms with Crippen LogP contribution in [0.1, 0.15) is 84.5 Å². The molecule has 5 atom stereocenters. The number of halogens is 6. The number of hydrogen-bond donors (Lipinski definition) is 2. The van der Waals surface area contributed by atoms with E-state index in [1.54, 1.807) is 0 Å². The minimum absolute atomic E-state index is 0.0401. The SMILES string of the molecule is C=C1CCC(O)C/C1=C/C=C1\CCCC2(C)C1CCC2C(C)CCCC(O)(C(F)(F)F)C(F)(F)F. The van der Waals surface area contributed by atoms with E-state index in [1.165, 1.54) is 5.57 Å². The van der Waals surface area contributed by atoms with Gasteiger partial charge in [-0.05, 0) is 93.0 Å². The molecule has 35 heavy (non-hydrogen) atoms. The third-order valence-electron chi connectivity index (χ3n) is 9.05. The highest BCUT2D eigenvalue weighted by molar-refractivity contribution is 5.36. The Labute approximate surface area is 204 Å². The Morgan fingerprint density at radius 3 is 2.34 bits per heavy atom. The van der Waals surface area contributed by atoms with E-state index >= 15 is 0 Å². The highest BCUT2D eigenvalue weighted by Crippen LogP contribution is 2.60. The summed E-state index contributed by atoms with van der Waals surface area (Å²) in [6.07, 6.45) is -2.17. The summed E-state index contributed by atoms with van der Waals surface area (Å²) in [6, 6.07) is 0. The van der Waals surface area contributed by atoms with Crippen molar-refractivity contribution in [2.24, 2.45) is 23.2 Å². The van der Waals surface area contributed by atoms with E-state index in [2.05, 4.69) is 25.7 Å². The third-order valence-corrected chi connectivity index (χ3v) is 9.05. The Morgan fingerprint density at radius 1 is 1.06 bits per heavy atom. The molecule has 3 fully saturated rings. The summed E-state index contributed by atoms with van der Waals surface area (Å²) < 4.78 is 78.0. The van der Waals surface area contributed by atoms with Crippen LogP contribution in [0.5, 0.6) is 0 Å². The quantitative estimate of drug-likeness (QED) is 0.359. The minimum atomic E-state index is -5.75. The molecule has 0 bridgehead atoms. The van der Waals surface area contributed by atoms with Crippen molar-refractivity contribution in [1.82, 2.24) is 0 Å². The van der Waals surface area contributed by atoms with Crippen LogP contribution in [0.2, 0.25) is 0 Å². The van der Waals surface area contributed by atoms with Crippen molar-refractivity contribution in [1.29, 1.82) is 0 Å². The molecule has 2 N–H and O–H groups in total. The molecule has 3 aliphatic rings. The maximum Gasteiger partial charge on any atom is 0.426 e. The Hall–Kier alpha value is -1.28. The molecule has 3 aliphatic carbocycles. The zero-order valence-corrected chi connectivity index (χ0v) is 20.6. The molecule has 5 unspecified atom stereocenters. The number of alkyl halides is 6. The Bertz CT molecular complexity index is 826. The Morgan fingerprint density at radius 2 is 1.71 bits per heavy atom. The molecule has 0 aromatic heterocycles. The van der Waals surface area contributed by atoms with Gasteiger partial charge in [-0.2, -0.15) is 26.3 Å². The van der Waals surface area contributed by atoms with E-state index in [-0.39, 0.29) is 36.2 Å². The summed E-state index contributed by atoms with van der Waals surface area (Å²) in [7, 11) is 0. The van der Waals surface area contributed by atoms with Crippen molar-refractivity contribution < 1.29 is 36.6 Å². The number of aliphatic hydroxyl groups is 2. The van der Waals surface area contributed by atoms with Crippen molar-refractivity contribution in [2.45, 2.75) is 109 Å². The lowest BCUT2D eigenvalue weighted by Gasteiger charge is -2.44. The van der Waals surface area contributed by atoms with Gasteiger partial charge in [0.25, 0.3) is 5.60 Å². The largest absolute Gasteiger partial charge is 0.426 e. The van der Waals surface area contributed by atoms with E-state index in [0.717, 1.165) is 56.1 Å². The molecule has 200 valence electrons. The number of aliphatic hydroxyl groups excluding tert-OH is 1. The monoisotopic (exact) mass is 508 g/mol. The molecule has 0 amide bonds. The number of hydrogen-bond acceptors (Lipinski definition) is 2. The summed E-state index contributed by atoms with van der Waals surface area (Å²) in [5.41, 5.74) is -1.23. The lowest BCUT2D eigenvalue weighted by atomic mass is 9.60. The molecule has 0 aromatic carbocycles. The van der Waals surface area contributed by atoms with Gasteiger partial charge in [0.2, 0.25) is 0 Å². The van der Waals surface area contributed by atoms with Crippen molar-refractivity contribution in [3.8, 4) is 0 Å². The van der Waals surface area contributed by atoms with Crippen molar-refractivity contribution >= 4 is 0 Å². The Kier molecular flexibility index (Phi) is 8.27. The average molecular weight is 509 g/mol. The van der Waals surface area contributed by atoms with Gasteiger partial charge in [0.05, 0.1) is 6.10 Å². The minimum Gasteiger partial charge on any atom is -0.393 e. The third kappa shape index (κ3) is 5.68. The molecule has 2 nitrogen and oxygen atoms in total. The first-order valence-electron chi connectivity index (χ1n) is 12.7. The molecular weight excluding hydrogens is 470 g/mol. The zero-order valence-electron chi connectivity index (χ0n) is 20.6. The van der Waals surface area contributed by atoms with Gasteiger partial charge in [-0.1, -0.05) is 50.1 Å². The number of rotatable bonds is 6. The van der Waals surface area contributed by atoms with E-state index in [9.17, 15) is 36.6 Å². The first-order chi connectivity index (χ1) is 16.1. The summed E-state index contributed by atoms with van der Waals surface area (Å²) >= 11 is 0. The van der Waals surface area contributed by atoms with Gasteiger partial charge in [0.15, 0.2) is 0 Å². The predicted molar refractivity (Wildman–Crippen MR) is 123 cm³/mol. The van der Waals surface area contributed by atoms with Crippen LogP contribution in [0.15, 0.2) is 35.5 Å². The molecule has 8 heteroatoms. The van der Waals surface area contributed by atoms with Crippen LogP contribution in [-0.4, -0.2) is 34.3 Å². The maximum atomic E-state index is 13.0. The van der Waals surface area contributed by atoms with Gasteiger partial charge in [-0.3, -0.25) is 0 Å². The van der Waals surface area contributed by atoms with Crippen LogP contribution in [0, 0.1) is 23.2 Å². The topological polar surface area (TPSA) is 40.5 Å². The Balaban J connectivity index is 1.68. The fraction of sp³-hybridized carbons (Fsp3) is 0.778. The van der Waals surface area contributed by atoms with Crippen molar-refractivity contribution in [3.63, 3.8) is 0 Å². The fourth-order valence-corrected chi connectivity index (χ4v) is 6.93. The van der Waals surface area contributed by atoms with Crippen LogP contribution in [0.4, 0.5) is 26.3 Å². The lowest BCUT2D eigenvalue weighted by molar-refractivity contribution is -0.370. The lowest BCUT2D eigenvalue weighted by Crippen LogP contribution is -2.56. The van der Waals surface area contributed by atoms with Gasteiger partial charge >= 0.3 is 12.4 Å². The van der Waals surface area contributed by atoms with Crippen LogP contribution < -0.4 is 0 Å². The van der Waals surface area contributed by atoms with Crippen LogP contribution >= 0.6 is 0 Å². The van der Waals surface area contributed by atoms with Gasteiger partial charge < -0.3 is 10.2 Å². The number of fused-ring (bicyclic) bond motifs is 1. The highest BCUT2D eigenvalue weighted by Gasteiger charge is 2.69. The number of allylic oxidation sites excluding steroid dienone is 4. The van der Waals surface area contributed by atoms with Gasteiger partial charge in [-0.25, -0.2) is 0 Å². The van der Waals surface area contributed by atoms with Gasteiger partial charge in [0, 0.05) is 0 Å². The molecule has 0 radical (unpaired) electrons. The first-order valence-corrected chi connectivity index (χ1v) is 12.7. The van der Waals surface area contributed by atoms with Gasteiger partial charge in [-0.15, -0.1) is 0 Å². The second kappa shape index (κ2) is 10.2. The summed E-state index contributed by atoms with van der Waals surface area (Å²) in [5, 5.41) is 19.4. The smallest absolute Gasteiger partial charge is 0.393 e. The predicted octanol–water partition coefficient (Wildman–Crippen LogP) is 7.82. The molecule has 0 saturated heterocycles. The molecular formula is C27H38F6O2. The second-order valence-corrected chi connectivity index (χ2v) is 11.3.